The van der Waals surface area contributed by atoms with Crippen LogP contribution in [0.2, 0.25) is 0 Å². The van der Waals surface area contributed by atoms with Gasteiger partial charge in [0.15, 0.2) is 0 Å². The normalized spacial score (nSPS) is 19.6. The predicted octanol–water partition coefficient (Wildman–Crippen LogP) is 2.91. The summed E-state index contributed by atoms with van der Waals surface area (Å²) in [6.07, 6.45) is 3.79. The Balaban J connectivity index is 1.34. The highest BCUT2D eigenvalue weighted by Crippen LogP contribution is 2.25. The van der Waals surface area contributed by atoms with Crippen LogP contribution in [-0.4, -0.2) is 77.2 Å². The zero-order chi connectivity index (χ0) is 24.9. The average Bonchev–Trinajstić information content (AvgIpc) is 3.41. The molecule has 0 saturated carbocycles. The molecule has 0 bridgehead atoms. The van der Waals surface area contributed by atoms with Crippen molar-refractivity contribution in [2.45, 2.75) is 25.6 Å². The molecule has 3 aromatic rings. The fourth-order valence-corrected chi connectivity index (χ4v) is 5.15. The van der Waals surface area contributed by atoms with Gasteiger partial charge in [0, 0.05) is 51.2 Å². The van der Waals surface area contributed by atoms with Crippen LogP contribution < -0.4 is 4.90 Å². The minimum absolute atomic E-state index is 0.0895. The fraction of sp³-hybridized carbons (Fsp3) is 0.393. The molecular formula is C28H32N6O2. The number of carbonyl (C=O) groups excluding carboxylic acids is 1. The summed E-state index contributed by atoms with van der Waals surface area (Å²) in [7, 11) is 0. The smallest absolute Gasteiger partial charge is 0.246 e. The largest absolute Gasteiger partial charge is 0.378 e. The molecule has 1 amide bonds. The van der Waals surface area contributed by atoms with Crippen LogP contribution in [0.3, 0.4) is 0 Å². The second kappa shape index (κ2) is 10.9. The van der Waals surface area contributed by atoms with Gasteiger partial charge in [-0.1, -0.05) is 30.3 Å². The van der Waals surface area contributed by atoms with Crippen molar-refractivity contribution in [3.8, 4) is 6.07 Å². The van der Waals surface area contributed by atoms with Gasteiger partial charge in [-0.05, 0) is 36.8 Å². The Morgan fingerprint density at radius 1 is 1.08 bits per heavy atom. The van der Waals surface area contributed by atoms with Gasteiger partial charge in [0.25, 0.3) is 0 Å². The van der Waals surface area contributed by atoms with Gasteiger partial charge >= 0.3 is 0 Å². The first-order chi connectivity index (χ1) is 17.6. The number of rotatable bonds is 6. The van der Waals surface area contributed by atoms with Crippen molar-refractivity contribution in [3.05, 3.63) is 83.9 Å². The number of morpholine rings is 1. The van der Waals surface area contributed by atoms with Crippen LogP contribution >= 0.6 is 0 Å². The minimum atomic E-state index is -0.244. The molecule has 5 rings (SSSR count). The number of ether oxygens (including phenoxy) is 1. The number of anilines is 1. The molecule has 2 aromatic carbocycles. The second-order valence-corrected chi connectivity index (χ2v) is 9.42. The summed E-state index contributed by atoms with van der Waals surface area (Å²) < 4.78 is 7.67. The zero-order valence-electron chi connectivity index (χ0n) is 20.7. The summed E-state index contributed by atoms with van der Waals surface area (Å²) in [6, 6.07) is 20.0. The Bertz CT molecular complexity index is 1200. The molecule has 2 aliphatic heterocycles. The quantitative estimate of drug-likeness (QED) is 0.536. The number of hydrogen-bond donors (Lipinski definition) is 0. The minimum Gasteiger partial charge on any atom is -0.378 e. The van der Waals surface area contributed by atoms with Crippen molar-refractivity contribution in [1.82, 2.24) is 19.4 Å². The van der Waals surface area contributed by atoms with Crippen molar-refractivity contribution in [3.63, 3.8) is 0 Å². The SMILES string of the molecule is CC(c1ccc(C#N)cc1)n1cncc1CN1CCN(c2ccccc2)C(C(=O)N2CCOCC2)C1. The van der Waals surface area contributed by atoms with E-state index in [4.69, 9.17) is 10.00 Å². The Kier molecular flexibility index (Phi) is 7.31. The molecule has 3 heterocycles. The van der Waals surface area contributed by atoms with Crippen LogP contribution in [0.15, 0.2) is 67.1 Å². The topological polar surface area (TPSA) is 77.6 Å². The molecule has 0 aliphatic carbocycles. The first-order valence-electron chi connectivity index (χ1n) is 12.6. The van der Waals surface area contributed by atoms with E-state index in [9.17, 15) is 4.79 Å². The van der Waals surface area contributed by atoms with E-state index in [0.717, 1.165) is 36.6 Å². The highest BCUT2D eigenvalue weighted by Gasteiger charge is 2.36. The summed E-state index contributed by atoms with van der Waals surface area (Å²) in [5.41, 5.74) is 3.98. The average molecular weight is 485 g/mol. The first-order valence-corrected chi connectivity index (χ1v) is 12.6. The molecule has 0 radical (unpaired) electrons. The lowest BCUT2D eigenvalue weighted by molar-refractivity contribution is -0.137. The number of nitriles is 1. The highest BCUT2D eigenvalue weighted by atomic mass is 16.5. The van der Waals surface area contributed by atoms with Crippen LogP contribution in [0.25, 0.3) is 0 Å². The number of hydrogen-bond acceptors (Lipinski definition) is 6. The van der Waals surface area contributed by atoms with Gasteiger partial charge in [0.05, 0.1) is 42.9 Å². The molecule has 0 spiro atoms. The summed E-state index contributed by atoms with van der Waals surface area (Å²) in [5, 5.41) is 9.11. The van der Waals surface area contributed by atoms with E-state index in [1.807, 2.05) is 59.9 Å². The van der Waals surface area contributed by atoms with E-state index in [1.165, 1.54) is 0 Å². The summed E-state index contributed by atoms with van der Waals surface area (Å²) >= 11 is 0. The number of aromatic nitrogens is 2. The Labute approximate surface area is 212 Å². The molecule has 36 heavy (non-hydrogen) atoms. The monoisotopic (exact) mass is 484 g/mol. The van der Waals surface area contributed by atoms with Gasteiger partial charge < -0.3 is 19.1 Å². The van der Waals surface area contributed by atoms with Crippen molar-refractivity contribution in [2.75, 3.05) is 50.8 Å². The number of para-hydroxylation sites is 1. The maximum absolute atomic E-state index is 13.7. The molecule has 2 unspecified atom stereocenters. The molecule has 2 saturated heterocycles. The van der Waals surface area contributed by atoms with E-state index < -0.39 is 0 Å². The lowest BCUT2D eigenvalue weighted by Crippen LogP contribution is -2.60. The summed E-state index contributed by atoms with van der Waals surface area (Å²) in [5.74, 6) is 0.173. The zero-order valence-corrected chi connectivity index (χ0v) is 20.7. The molecule has 2 atom stereocenters. The van der Waals surface area contributed by atoms with Gasteiger partial charge in [-0.15, -0.1) is 0 Å². The van der Waals surface area contributed by atoms with Gasteiger partial charge in [-0.2, -0.15) is 5.26 Å². The Morgan fingerprint density at radius 3 is 2.56 bits per heavy atom. The van der Waals surface area contributed by atoms with Gasteiger partial charge in [0.1, 0.15) is 6.04 Å². The number of imidazole rings is 1. The van der Waals surface area contributed by atoms with Crippen LogP contribution in [0, 0.1) is 11.3 Å². The lowest BCUT2D eigenvalue weighted by atomic mass is 10.1. The van der Waals surface area contributed by atoms with Crippen LogP contribution in [0.4, 0.5) is 5.69 Å². The van der Waals surface area contributed by atoms with E-state index in [-0.39, 0.29) is 18.0 Å². The standard InChI is InChI=1S/C28H32N6O2/c1-22(24-9-7-23(17-29)8-10-24)34-21-30-18-26(34)19-31-11-12-33(25-5-3-2-4-6-25)27(20-31)28(35)32-13-15-36-16-14-32/h2-10,18,21-22,27H,11-16,19-20H2,1H3. The van der Waals surface area contributed by atoms with Crippen molar-refractivity contribution >= 4 is 11.6 Å². The number of carbonyl (C=O) groups is 1. The number of amides is 1. The molecule has 2 aliphatic rings. The molecule has 2 fully saturated rings. The van der Waals surface area contributed by atoms with Crippen LogP contribution in [0.5, 0.6) is 0 Å². The number of nitrogens with zero attached hydrogens (tertiary/aromatic N) is 6. The Morgan fingerprint density at radius 2 is 1.83 bits per heavy atom. The molecular weight excluding hydrogens is 452 g/mol. The second-order valence-electron chi connectivity index (χ2n) is 9.42. The maximum Gasteiger partial charge on any atom is 0.246 e. The third-order valence-corrected chi connectivity index (χ3v) is 7.23. The van der Waals surface area contributed by atoms with Crippen molar-refractivity contribution in [2.24, 2.45) is 0 Å². The molecule has 1 aromatic heterocycles. The van der Waals surface area contributed by atoms with E-state index in [1.54, 1.807) is 0 Å². The van der Waals surface area contributed by atoms with Gasteiger partial charge in [-0.25, -0.2) is 4.98 Å². The van der Waals surface area contributed by atoms with Gasteiger partial charge in [-0.3, -0.25) is 9.69 Å². The van der Waals surface area contributed by atoms with Crippen LogP contribution in [-0.2, 0) is 16.1 Å². The molecule has 8 heteroatoms. The van der Waals surface area contributed by atoms with Gasteiger partial charge in [0.2, 0.25) is 5.91 Å². The third kappa shape index (κ3) is 5.13. The maximum atomic E-state index is 13.7. The number of benzene rings is 2. The highest BCUT2D eigenvalue weighted by molar-refractivity contribution is 5.86. The van der Waals surface area contributed by atoms with Crippen molar-refractivity contribution < 1.29 is 9.53 Å². The number of piperazine rings is 1. The molecule has 186 valence electrons. The Hall–Kier alpha value is -3.67. The van der Waals surface area contributed by atoms with E-state index >= 15 is 0 Å². The summed E-state index contributed by atoms with van der Waals surface area (Å²) in [4.78, 5) is 24.7. The predicted molar refractivity (Wildman–Crippen MR) is 137 cm³/mol. The van der Waals surface area contributed by atoms with E-state index in [0.29, 0.717) is 38.4 Å². The fourth-order valence-electron chi connectivity index (χ4n) is 5.15. The van der Waals surface area contributed by atoms with E-state index in [2.05, 4.69) is 44.5 Å². The third-order valence-electron chi connectivity index (χ3n) is 7.23. The lowest BCUT2D eigenvalue weighted by Gasteiger charge is -2.44. The molecule has 0 N–H and O–H groups in total. The van der Waals surface area contributed by atoms with Crippen molar-refractivity contribution in [1.29, 1.82) is 5.26 Å². The molecule has 8 nitrogen and oxygen atoms in total. The van der Waals surface area contributed by atoms with Crippen LogP contribution in [0.1, 0.15) is 29.8 Å². The summed E-state index contributed by atoms with van der Waals surface area (Å²) in [6.45, 7) is 7.64. The first kappa shape index (κ1) is 24.0.